The van der Waals surface area contributed by atoms with E-state index in [2.05, 4.69) is 16.0 Å². The van der Waals surface area contributed by atoms with Gasteiger partial charge in [0.05, 0.1) is 5.92 Å². The molecule has 2 fully saturated rings. The zero-order valence-corrected chi connectivity index (χ0v) is 12.1. The summed E-state index contributed by atoms with van der Waals surface area (Å²) in [5.41, 5.74) is 0. The van der Waals surface area contributed by atoms with Gasteiger partial charge in [-0.15, -0.1) is 0 Å². The van der Waals surface area contributed by atoms with Crippen LogP contribution in [-0.2, 0) is 9.59 Å². The monoisotopic (exact) mass is 297 g/mol. The predicted octanol–water partition coefficient (Wildman–Crippen LogP) is 0.455. The topological polar surface area (TPSA) is 108 Å². The van der Waals surface area contributed by atoms with Gasteiger partial charge >= 0.3 is 12.0 Å². The summed E-state index contributed by atoms with van der Waals surface area (Å²) in [6, 6.07) is -0.220. The summed E-state index contributed by atoms with van der Waals surface area (Å²) in [7, 11) is 0. The lowest BCUT2D eigenvalue weighted by Gasteiger charge is -2.27. The van der Waals surface area contributed by atoms with E-state index in [1.54, 1.807) is 0 Å². The van der Waals surface area contributed by atoms with E-state index in [0.717, 1.165) is 12.8 Å². The van der Waals surface area contributed by atoms with Crippen LogP contribution in [-0.4, -0.2) is 42.1 Å². The Morgan fingerprint density at radius 1 is 1.19 bits per heavy atom. The quantitative estimate of drug-likeness (QED) is 0.604. The highest BCUT2D eigenvalue weighted by Crippen LogP contribution is 2.28. The number of aliphatic carboxylic acids is 1. The summed E-state index contributed by atoms with van der Waals surface area (Å²) in [6.45, 7) is 1.06. The first-order valence-corrected chi connectivity index (χ1v) is 7.58. The van der Waals surface area contributed by atoms with Crippen molar-refractivity contribution in [1.29, 1.82) is 0 Å². The van der Waals surface area contributed by atoms with Crippen LogP contribution in [0.25, 0.3) is 0 Å². The third-order valence-corrected chi connectivity index (χ3v) is 4.35. The van der Waals surface area contributed by atoms with Crippen LogP contribution in [0.1, 0.15) is 38.5 Å². The molecule has 21 heavy (non-hydrogen) atoms. The first-order valence-electron chi connectivity index (χ1n) is 7.58. The molecule has 1 saturated carbocycles. The molecule has 1 atom stereocenters. The molecule has 3 amide bonds. The highest BCUT2D eigenvalue weighted by molar-refractivity contribution is 5.78. The van der Waals surface area contributed by atoms with Crippen molar-refractivity contribution in [3.8, 4) is 0 Å². The van der Waals surface area contributed by atoms with Crippen LogP contribution in [0.2, 0.25) is 0 Å². The first-order chi connectivity index (χ1) is 10.0. The van der Waals surface area contributed by atoms with Gasteiger partial charge in [0, 0.05) is 25.6 Å². The number of carbonyl (C=O) groups is 3. The fourth-order valence-electron chi connectivity index (χ4n) is 2.94. The van der Waals surface area contributed by atoms with E-state index in [1.165, 1.54) is 0 Å². The number of urea groups is 1. The first kappa shape index (κ1) is 15.6. The summed E-state index contributed by atoms with van der Waals surface area (Å²) in [5.74, 6) is -0.541. The Bertz CT molecular complexity index is 395. The van der Waals surface area contributed by atoms with E-state index >= 15 is 0 Å². The van der Waals surface area contributed by atoms with Crippen LogP contribution in [0.3, 0.4) is 0 Å². The van der Waals surface area contributed by atoms with Crippen molar-refractivity contribution in [3.05, 3.63) is 0 Å². The molecule has 0 spiro atoms. The molecule has 4 N–H and O–H groups in total. The molecule has 1 saturated heterocycles. The van der Waals surface area contributed by atoms with E-state index in [0.29, 0.717) is 44.7 Å². The second-order valence-corrected chi connectivity index (χ2v) is 5.95. The van der Waals surface area contributed by atoms with E-state index in [4.69, 9.17) is 5.11 Å². The third kappa shape index (κ3) is 4.91. The molecular formula is C14H23N3O4. The third-order valence-electron chi connectivity index (χ3n) is 4.35. The summed E-state index contributed by atoms with van der Waals surface area (Å²) >= 11 is 0. The van der Waals surface area contributed by atoms with Gasteiger partial charge in [-0.2, -0.15) is 0 Å². The molecule has 7 heteroatoms. The van der Waals surface area contributed by atoms with Crippen LogP contribution >= 0.6 is 0 Å². The van der Waals surface area contributed by atoms with Crippen molar-refractivity contribution in [2.45, 2.75) is 44.6 Å². The lowest BCUT2D eigenvalue weighted by atomic mass is 9.82. The molecule has 0 radical (unpaired) electrons. The number of rotatable bonds is 4. The molecule has 118 valence electrons. The molecule has 7 nitrogen and oxygen atoms in total. The zero-order valence-electron chi connectivity index (χ0n) is 12.1. The zero-order chi connectivity index (χ0) is 15.2. The minimum atomic E-state index is -0.710. The minimum absolute atomic E-state index is 0.00885. The summed E-state index contributed by atoms with van der Waals surface area (Å²) < 4.78 is 0. The smallest absolute Gasteiger partial charge is 0.315 e. The van der Waals surface area contributed by atoms with E-state index in [9.17, 15) is 14.4 Å². The van der Waals surface area contributed by atoms with Crippen molar-refractivity contribution in [1.82, 2.24) is 16.0 Å². The number of carboxylic acid groups (broad SMARTS) is 1. The van der Waals surface area contributed by atoms with Crippen LogP contribution in [0, 0.1) is 11.8 Å². The lowest BCUT2D eigenvalue weighted by Crippen LogP contribution is -2.51. The maximum atomic E-state index is 11.8. The second-order valence-electron chi connectivity index (χ2n) is 5.95. The Labute approximate surface area is 123 Å². The molecule has 2 rings (SSSR count). The fourth-order valence-corrected chi connectivity index (χ4v) is 2.94. The van der Waals surface area contributed by atoms with Gasteiger partial charge in [-0.25, -0.2) is 4.79 Å². The van der Waals surface area contributed by atoms with Gasteiger partial charge < -0.3 is 21.1 Å². The van der Waals surface area contributed by atoms with Gasteiger partial charge in [-0.05, 0) is 38.0 Å². The van der Waals surface area contributed by atoms with Gasteiger partial charge in [-0.1, -0.05) is 0 Å². The minimum Gasteiger partial charge on any atom is -0.481 e. The van der Waals surface area contributed by atoms with Crippen molar-refractivity contribution < 1.29 is 19.5 Å². The number of nitrogens with one attached hydrogen (secondary N) is 3. The van der Waals surface area contributed by atoms with E-state index in [-0.39, 0.29) is 23.9 Å². The van der Waals surface area contributed by atoms with E-state index < -0.39 is 5.97 Å². The predicted molar refractivity (Wildman–Crippen MR) is 75.6 cm³/mol. The average Bonchev–Trinajstić information content (AvgIpc) is 2.48. The van der Waals surface area contributed by atoms with Crippen molar-refractivity contribution in [2.75, 3.05) is 13.1 Å². The van der Waals surface area contributed by atoms with Crippen molar-refractivity contribution >= 4 is 17.9 Å². The van der Waals surface area contributed by atoms with Gasteiger partial charge in [0.1, 0.15) is 0 Å². The number of piperidine rings is 1. The van der Waals surface area contributed by atoms with Crippen LogP contribution < -0.4 is 16.0 Å². The Kier molecular flexibility index (Phi) is 5.41. The molecule has 1 aliphatic carbocycles. The molecule has 1 heterocycles. The summed E-state index contributed by atoms with van der Waals surface area (Å²) in [5, 5.41) is 17.3. The molecule has 0 bridgehead atoms. The summed E-state index contributed by atoms with van der Waals surface area (Å²) in [6.07, 6.45) is 4.19. The molecule has 2 aliphatic rings. The highest BCUT2D eigenvalue weighted by Gasteiger charge is 2.26. The summed E-state index contributed by atoms with van der Waals surface area (Å²) in [4.78, 5) is 33.7. The van der Waals surface area contributed by atoms with Gasteiger partial charge in [0.15, 0.2) is 0 Å². The standard InChI is InChI=1S/C14H23N3O4/c18-12-6-5-11(8-15-12)17-14(21)16-7-9-1-3-10(4-2-9)13(19)20/h9-11H,1-8H2,(H,15,18)(H,19,20)(H2,16,17,21). The molecule has 0 aromatic rings. The van der Waals surface area contributed by atoms with Crippen LogP contribution in [0.15, 0.2) is 0 Å². The largest absolute Gasteiger partial charge is 0.481 e. The Balaban J connectivity index is 1.61. The maximum Gasteiger partial charge on any atom is 0.315 e. The SMILES string of the molecule is O=C1CCC(NC(=O)NCC2CCC(C(=O)O)CC2)CN1. The van der Waals surface area contributed by atoms with Crippen molar-refractivity contribution in [2.24, 2.45) is 11.8 Å². The van der Waals surface area contributed by atoms with Crippen LogP contribution in [0.4, 0.5) is 4.79 Å². The fraction of sp³-hybridized carbons (Fsp3) is 0.786. The van der Waals surface area contributed by atoms with E-state index in [1.807, 2.05) is 0 Å². The number of carbonyl (C=O) groups excluding carboxylic acids is 2. The second kappa shape index (κ2) is 7.28. The molecule has 0 aromatic carbocycles. The highest BCUT2D eigenvalue weighted by atomic mass is 16.4. The number of hydrogen-bond donors (Lipinski definition) is 4. The molecule has 0 aromatic heterocycles. The lowest BCUT2D eigenvalue weighted by molar-refractivity contribution is -0.143. The number of amides is 3. The maximum absolute atomic E-state index is 11.8. The van der Waals surface area contributed by atoms with Crippen molar-refractivity contribution in [3.63, 3.8) is 0 Å². The Hall–Kier alpha value is -1.79. The van der Waals surface area contributed by atoms with Gasteiger partial charge in [0.2, 0.25) is 5.91 Å². The molecule has 1 unspecified atom stereocenters. The van der Waals surface area contributed by atoms with Crippen LogP contribution in [0.5, 0.6) is 0 Å². The Morgan fingerprint density at radius 2 is 1.90 bits per heavy atom. The Morgan fingerprint density at radius 3 is 2.48 bits per heavy atom. The molecular weight excluding hydrogens is 274 g/mol. The average molecular weight is 297 g/mol. The van der Waals surface area contributed by atoms with Gasteiger partial charge in [-0.3, -0.25) is 9.59 Å². The van der Waals surface area contributed by atoms with Gasteiger partial charge in [0.25, 0.3) is 0 Å². The number of carboxylic acids is 1. The normalized spacial score (nSPS) is 29.3. The molecule has 1 aliphatic heterocycles. The number of hydrogen-bond acceptors (Lipinski definition) is 3.